The molecule has 0 amide bonds. The molecule has 0 spiro atoms. The Morgan fingerprint density at radius 2 is 2.25 bits per heavy atom. The Kier molecular flexibility index (Phi) is 3.64. The van der Waals surface area contributed by atoms with Gasteiger partial charge in [-0.1, -0.05) is 22.4 Å². The van der Waals surface area contributed by atoms with Crippen LogP contribution in [-0.4, -0.2) is 12.4 Å². The van der Waals surface area contributed by atoms with Crippen molar-refractivity contribution in [1.82, 2.24) is 0 Å². The average molecular weight is 283 g/mol. The Balaban J connectivity index is 2.28. The Hall–Kier alpha value is -0.830. The molecule has 1 aliphatic rings. The topological polar surface area (TPSA) is 26.3 Å². The summed E-state index contributed by atoms with van der Waals surface area (Å²) in [6, 6.07) is 5.63. The van der Waals surface area contributed by atoms with Gasteiger partial charge in [-0.15, -0.1) is 0 Å². The first-order valence-corrected chi connectivity index (χ1v) is 6.48. The van der Waals surface area contributed by atoms with E-state index in [2.05, 4.69) is 15.9 Å². The van der Waals surface area contributed by atoms with E-state index in [1.165, 1.54) is 6.42 Å². The molecule has 2 rings (SSSR count). The number of ether oxygens (including phenoxy) is 1. The smallest absolute Gasteiger partial charge is 0.169 e. The molecule has 0 N–H and O–H groups in total. The number of rotatable bonds is 4. The van der Waals surface area contributed by atoms with Crippen molar-refractivity contribution in [3.63, 3.8) is 0 Å². The zero-order valence-corrected chi connectivity index (χ0v) is 10.9. The van der Waals surface area contributed by atoms with Gasteiger partial charge < -0.3 is 4.74 Å². The molecule has 1 saturated carbocycles. The minimum absolute atomic E-state index is 0.216. The maximum absolute atomic E-state index is 12.2. The van der Waals surface area contributed by atoms with Gasteiger partial charge in [0.25, 0.3) is 0 Å². The zero-order valence-electron chi connectivity index (χ0n) is 9.33. The summed E-state index contributed by atoms with van der Waals surface area (Å²) in [5.74, 6) is 1.16. The lowest BCUT2D eigenvalue weighted by atomic mass is 9.80. The van der Waals surface area contributed by atoms with Crippen molar-refractivity contribution in [2.24, 2.45) is 5.92 Å². The van der Waals surface area contributed by atoms with Gasteiger partial charge in [-0.05, 0) is 38.0 Å². The third-order valence-electron chi connectivity index (χ3n) is 2.98. The molecule has 1 aliphatic carbocycles. The molecule has 86 valence electrons. The van der Waals surface area contributed by atoms with Crippen LogP contribution in [0.2, 0.25) is 0 Å². The lowest BCUT2D eigenvalue weighted by Crippen LogP contribution is -2.22. The maximum Gasteiger partial charge on any atom is 0.169 e. The van der Waals surface area contributed by atoms with Crippen molar-refractivity contribution < 1.29 is 9.53 Å². The van der Waals surface area contributed by atoms with Crippen LogP contribution in [0.3, 0.4) is 0 Å². The van der Waals surface area contributed by atoms with Gasteiger partial charge in [0.1, 0.15) is 5.75 Å². The van der Waals surface area contributed by atoms with Crippen LogP contribution in [0.25, 0.3) is 0 Å². The van der Waals surface area contributed by atoms with Gasteiger partial charge in [0.15, 0.2) is 5.78 Å². The predicted molar refractivity (Wildman–Crippen MR) is 67.0 cm³/mol. The Morgan fingerprint density at radius 1 is 1.50 bits per heavy atom. The summed E-state index contributed by atoms with van der Waals surface area (Å²) in [6.45, 7) is 2.52. The van der Waals surface area contributed by atoms with Crippen LogP contribution in [0.1, 0.15) is 36.5 Å². The lowest BCUT2D eigenvalue weighted by molar-refractivity contribution is 0.0851. The number of benzene rings is 1. The van der Waals surface area contributed by atoms with Crippen molar-refractivity contribution in [3.05, 3.63) is 28.2 Å². The number of Topliss-reactive ketones (excluding diaryl/α,β-unsaturated/α-hetero) is 1. The summed E-state index contributed by atoms with van der Waals surface area (Å²) in [6.07, 6.45) is 3.22. The molecule has 1 fully saturated rings. The van der Waals surface area contributed by atoms with Crippen LogP contribution in [0, 0.1) is 5.92 Å². The van der Waals surface area contributed by atoms with Crippen LogP contribution >= 0.6 is 15.9 Å². The van der Waals surface area contributed by atoms with Gasteiger partial charge in [-0.2, -0.15) is 0 Å². The van der Waals surface area contributed by atoms with E-state index in [9.17, 15) is 4.79 Å². The molecule has 2 nitrogen and oxygen atoms in total. The summed E-state index contributed by atoms with van der Waals surface area (Å²) < 4.78 is 6.42. The van der Waals surface area contributed by atoms with Crippen molar-refractivity contribution in [2.45, 2.75) is 26.2 Å². The van der Waals surface area contributed by atoms with Crippen molar-refractivity contribution in [2.75, 3.05) is 6.61 Å². The number of halogens is 1. The molecule has 16 heavy (non-hydrogen) atoms. The molecule has 0 unspecified atom stereocenters. The molecule has 0 aliphatic heterocycles. The third kappa shape index (κ3) is 2.29. The van der Waals surface area contributed by atoms with E-state index >= 15 is 0 Å². The Morgan fingerprint density at radius 3 is 2.81 bits per heavy atom. The molecule has 0 aromatic heterocycles. The summed E-state index contributed by atoms with van der Waals surface area (Å²) in [5, 5.41) is 0. The molecule has 3 heteroatoms. The summed E-state index contributed by atoms with van der Waals surface area (Å²) in [5.41, 5.74) is 0.723. The van der Waals surface area contributed by atoms with E-state index < -0.39 is 0 Å². The monoisotopic (exact) mass is 282 g/mol. The number of carbonyl (C=O) groups excluding carboxylic acids is 1. The lowest BCUT2D eigenvalue weighted by Gasteiger charge is -2.24. The van der Waals surface area contributed by atoms with E-state index in [1.54, 1.807) is 0 Å². The first kappa shape index (κ1) is 11.6. The predicted octanol–water partition coefficient (Wildman–Crippen LogP) is 3.83. The van der Waals surface area contributed by atoms with Gasteiger partial charge in [0, 0.05) is 10.4 Å². The molecule has 0 atom stereocenters. The van der Waals surface area contributed by atoms with E-state index in [0.29, 0.717) is 12.4 Å². The van der Waals surface area contributed by atoms with E-state index in [4.69, 9.17) is 4.74 Å². The fourth-order valence-electron chi connectivity index (χ4n) is 1.87. The molecular weight excluding hydrogens is 268 g/mol. The number of carbonyl (C=O) groups is 1. The average Bonchev–Trinajstić information content (AvgIpc) is 2.18. The standard InChI is InChI=1S/C13H15BrO2/c1-2-16-12-7-6-10(14)8-11(12)13(15)9-4-3-5-9/h6-9H,2-5H2,1H3. The van der Waals surface area contributed by atoms with Crippen LogP contribution in [0.5, 0.6) is 5.75 Å². The summed E-state index contributed by atoms with van der Waals surface area (Å²) in [4.78, 5) is 12.2. The van der Waals surface area contributed by atoms with Gasteiger partial charge in [-0.3, -0.25) is 4.79 Å². The highest BCUT2D eigenvalue weighted by molar-refractivity contribution is 9.10. The first-order chi connectivity index (χ1) is 7.72. The van der Waals surface area contributed by atoms with Gasteiger partial charge in [0.2, 0.25) is 0 Å². The second-order valence-electron chi connectivity index (χ2n) is 4.07. The van der Waals surface area contributed by atoms with Gasteiger partial charge in [-0.25, -0.2) is 0 Å². The fourth-order valence-corrected chi connectivity index (χ4v) is 2.23. The summed E-state index contributed by atoms with van der Waals surface area (Å²) in [7, 11) is 0. The fraction of sp³-hybridized carbons (Fsp3) is 0.462. The van der Waals surface area contributed by atoms with E-state index in [1.807, 2.05) is 25.1 Å². The number of ketones is 1. The van der Waals surface area contributed by atoms with E-state index in [-0.39, 0.29) is 11.7 Å². The highest BCUT2D eigenvalue weighted by Gasteiger charge is 2.28. The zero-order chi connectivity index (χ0) is 11.5. The molecule has 0 radical (unpaired) electrons. The second kappa shape index (κ2) is 5.00. The minimum atomic E-state index is 0.216. The molecule has 1 aromatic rings. The molecular formula is C13H15BrO2. The normalized spacial score (nSPS) is 15.6. The number of hydrogen-bond donors (Lipinski definition) is 0. The highest BCUT2D eigenvalue weighted by atomic mass is 79.9. The van der Waals surface area contributed by atoms with Crippen LogP contribution in [0.4, 0.5) is 0 Å². The maximum atomic E-state index is 12.2. The van der Waals surface area contributed by atoms with Gasteiger partial charge >= 0.3 is 0 Å². The van der Waals surface area contributed by atoms with E-state index in [0.717, 1.165) is 22.9 Å². The van der Waals surface area contributed by atoms with Crippen LogP contribution < -0.4 is 4.74 Å². The van der Waals surface area contributed by atoms with Crippen molar-refractivity contribution in [3.8, 4) is 5.75 Å². The quantitative estimate of drug-likeness (QED) is 0.785. The minimum Gasteiger partial charge on any atom is -0.493 e. The third-order valence-corrected chi connectivity index (χ3v) is 3.48. The SMILES string of the molecule is CCOc1ccc(Br)cc1C(=O)C1CCC1. The Bertz CT molecular complexity index is 397. The summed E-state index contributed by atoms with van der Waals surface area (Å²) >= 11 is 3.40. The largest absolute Gasteiger partial charge is 0.493 e. The molecule has 1 aromatic carbocycles. The molecule has 0 saturated heterocycles. The highest BCUT2D eigenvalue weighted by Crippen LogP contribution is 2.33. The van der Waals surface area contributed by atoms with Crippen LogP contribution in [0.15, 0.2) is 22.7 Å². The number of hydrogen-bond acceptors (Lipinski definition) is 2. The van der Waals surface area contributed by atoms with Gasteiger partial charge in [0.05, 0.1) is 12.2 Å². The molecule has 0 bridgehead atoms. The van der Waals surface area contributed by atoms with Crippen molar-refractivity contribution >= 4 is 21.7 Å². The molecule has 0 heterocycles. The first-order valence-electron chi connectivity index (χ1n) is 5.69. The Labute approximate surface area is 104 Å². The second-order valence-corrected chi connectivity index (χ2v) is 4.98. The van der Waals surface area contributed by atoms with Crippen molar-refractivity contribution in [1.29, 1.82) is 0 Å². The van der Waals surface area contributed by atoms with Crippen LogP contribution in [-0.2, 0) is 0 Å².